The van der Waals surface area contributed by atoms with Gasteiger partial charge in [0.25, 0.3) is 0 Å². The Kier molecular flexibility index (Phi) is 5.30. The number of aliphatic hydroxyl groups is 1. The zero-order valence-corrected chi connectivity index (χ0v) is 12.8. The van der Waals surface area contributed by atoms with Crippen LogP contribution >= 0.6 is 11.6 Å². The molecule has 0 radical (unpaired) electrons. The lowest BCUT2D eigenvalue weighted by atomic mass is 10.2. The maximum atomic E-state index is 12.6. The van der Waals surface area contributed by atoms with Crippen LogP contribution < -0.4 is 0 Å². The van der Waals surface area contributed by atoms with Gasteiger partial charge in [-0.25, -0.2) is 8.42 Å². The third-order valence-corrected chi connectivity index (χ3v) is 5.22. The molecule has 0 bridgehead atoms. The third-order valence-electron chi connectivity index (χ3n) is 2.90. The van der Waals surface area contributed by atoms with Gasteiger partial charge in [-0.3, -0.25) is 4.98 Å². The van der Waals surface area contributed by atoms with Crippen LogP contribution in [0.4, 0.5) is 0 Å². The van der Waals surface area contributed by atoms with E-state index >= 15 is 0 Å². The molecule has 0 aliphatic rings. The van der Waals surface area contributed by atoms with Crippen LogP contribution in [0.25, 0.3) is 0 Å². The van der Waals surface area contributed by atoms with Crippen molar-refractivity contribution in [3.8, 4) is 0 Å². The van der Waals surface area contributed by atoms with Crippen LogP contribution in [0.3, 0.4) is 0 Å². The van der Waals surface area contributed by atoms with E-state index in [0.717, 1.165) is 5.56 Å². The number of halogens is 1. The number of aromatic nitrogens is 1. The van der Waals surface area contributed by atoms with E-state index in [0.29, 0.717) is 0 Å². The number of pyridine rings is 1. The standard InChI is InChI=1S/C14H15ClN2O3S/c15-13-6-7-16-10-14(13)21(19,20)17(8-9-18)11-12-4-2-1-3-5-12/h1-7,10,18H,8-9,11H2. The van der Waals surface area contributed by atoms with Crippen LogP contribution in [-0.2, 0) is 16.6 Å². The van der Waals surface area contributed by atoms with Gasteiger partial charge in [-0.15, -0.1) is 0 Å². The number of hydrogen-bond acceptors (Lipinski definition) is 4. The van der Waals surface area contributed by atoms with E-state index in [1.54, 1.807) is 0 Å². The lowest BCUT2D eigenvalue weighted by Crippen LogP contribution is -2.33. The van der Waals surface area contributed by atoms with E-state index in [4.69, 9.17) is 16.7 Å². The van der Waals surface area contributed by atoms with Crippen LogP contribution in [0.5, 0.6) is 0 Å². The first-order valence-corrected chi connectivity index (χ1v) is 8.12. The highest BCUT2D eigenvalue weighted by Crippen LogP contribution is 2.24. The van der Waals surface area contributed by atoms with Crippen molar-refractivity contribution in [2.75, 3.05) is 13.2 Å². The molecule has 1 N–H and O–H groups in total. The van der Waals surface area contributed by atoms with Crippen LogP contribution in [0.15, 0.2) is 53.7 Å². The smallest absolute Gasteiger partial charge is 0.246 e. The highest BCUT2D eigenvalue weighted by molar-refractivity contribution is 7.89. The Bertz CT molecular complexity index is 692. The van der Waals surface area contributed by atoms with Crippen LogP contribution in [-0.4, -0.2) is 36.0 Å². The van der Waals surface area contributed by atoms with E-state index in [1.165, 1.54) is 22.8 Å². The van der Waals surface area contributed by atoms with Gasteiger partial charge in [0.2, 0.25) is 10.0 Å². The van der Waals surface area contributed by atoms with Gasteiger partial charge in [-0.05, 0) is 11.6 Å². The summed E-state index contributed by atoms with van der Waals surface area (Å²) < 4.78 is 26.5. The largest absolute Gasteiger partial charge is 0.395 e. The van der Waals surface area contributed by atoms with E-state index in [-0.39, 0.29) is 29.6 Å². The zero-order valence-electron chi connectivity index (χ0n) is 11.2. The average molecular weight is 327 g/mol. The van der Waals surface area contributed by atoms with Crippen LogP contribution in [0, 0.1) is 0 Å². The first-order chi connectivity index (χ1) is 10.1. The predicted octanol–water partition coefficient (Wildman–Crippen LogP) is 1.92. The van der Waals surface area contributed by atoms with E-state index in [9.17, 15) is 8.42 Å². The summed E-state index contributed by atoms with van der Waals surface area (Å²) in [5.41, 5.74) is 0.828. The van der Waals surface area contributed by atoms with Crippen LogP contribution in [0.2, 0.25) is 5.02 Å². The van der Waals surface area contributed by atoms with Crippen LogP contribution in [0.1, 0.15) is 5.56 Å². The minimum absolute atomic E-state index is 0.0115. The van der Waals surface area contributed by atoms with E-state index < -0.39 is 10.0 Å². The van der Waals surface area contributed by atoms with Gasteiger partial charge >= 0.3 is 0 Å². The van der Waals surface area contributed by atoms with Crippen molar-refractivity contribution in [3.05, 3.63) is 59.4 Å². The first kappa shape index (κ1) is 15.9. The summed E-state index contributed by atoms with van der Waals surface area (Å²) in [4.78, 5) is 3.75. The topological polar surface area (TPSA) is 70.5 Å². The molecule has 2 aromatic rings. The fourth-order valence-electron chi connectivity index (χ4n) is 1.87. The molecule has 0 aliphatic carbocycles. The molecule has 5 nitrogen and oxygen atoms in total. The minimum Gasteiger partial charge on any atom is -0.395 e. The number of aliphatic hydroxyl groups excluding tert-OH is 1. The fourth-order valence-corrected chi connectivity index (χ4v) is 3.70. The summed E-state index contributed by atoms with van der Waals surface area (Å²) in [6.07, 6.45) is 2.64. The summed E-state index contributed by atoms with van der Waals surface area (Å²) in [6, 6.07) is 10.6. The Morgan fingerprint density at radius 1 is 1.19 bits per heavy atom. The quantitative estimate of drug-likeness (QED) is 0.880. The summed E-state index contributed by atoms with van der Waals surface area (Å²) in [7, 11) is -3.81. The number of sulfonamides is 1. The van der Waals surface area contributed by atoms with Crippen molar-refractivity contribution < 1.29 is 13.5 Å². The maximum Gasteiger partial charge on any atom is 0.246 e. The highest BCUT2D eigenvalue weighted by atomic mass is 35.5. The number of rotatable bonds is 6. The monoisotopic (exact) mass is 326 g/mol. The summed E-state index contributed by atoms with van der Waals surface area (Å²) in [5, 5.41) is 9.25. The van der Waals surface area contributed by atoms with Gasteiger partial charge in [-0.2, -0.15) is 4.31 Å². The lowest BCUT2D eigenvalue weighted by molar-refractivity contribution is 0.251. The zero-order chi connectivity index (χ0) is 15.3. The number of nitrogens with zero attached hydrogens (tertiary/aromatic N) is 2. The van der Waals surface area contributed by atoms with Crippen molar-refractivity contribution >= 4 is 21.6 Å². The molecule has 0 atom stereocenters. The molecule has 21 heavy (non-hydrogen) atoms. The van der Waals surface area contributed by atoms with Crippen molar-refractivity contribution in [1.82, 2.24) is 9.29 Å². The molecule has 2 rings (SSSR count). The summed E-state index contributed by atoms with van der Waals surface area (Å²) in [6.45, 7) is -0.124. The maximum absolute atomic E-state index is 12.6. The highest BCUT2D eigenvalue weighted by Gasteiger charge is 2.26. The Labute approximate surface area is 128 Å². The van der Waals surface area contributed by atoms with Crippen molar-refractivity contribution in [3.63, 3.8) is 0 Å². The second-order valence-electron chi connectivity index (χ2n) is 4.35. The molecule has 0 spiro atoms. The molecule has 0 saturated carbocycles. The molecular formula is C14H15ClN2O3S. The molecule has 1 aromatic heterocycles. The third kappa shape index (κ3) is 3.79. The lowest BCUT2D eigenvalue weighted by Gasteiger charge is -2.21. The van der Waals surface area contributed by atoms with Gasteiger partial charge in [-0.1, -0.05) is 41.9 Å². The molecular weight excluding hydrogens is 312 g/mol. The second kappa shape index (κ2) is 7.00. The van der Waals surface area contributed by atoms with E-state index in [2.05, 4.69) is 4.98 Å². The molecule has 0 fully saturated rings. The van der Waals surface area contributed by atoms with Crippen molar-refractivity contribution in [2.45, 2.75) is 11.4 Å². The fraction of sp³-hybridized carbons (Fsp3) is 0.214. The number of hydrogen-bond donors (Lipinski definition) is 1. The molecule has 1 aromatic carbocycles. The molecule has 0 saturated heterocycles. The Morgan fingerprint density at radius 3 is 2.52 bits per heavy atom. The van der Waals surface area contributed by atoms with Crippen molar-refractivity contribution in [1.29, 1.82) is 0 Å². The summed E-state index contributed by atoms with van der Waals surface area (Å²) >= 11 is 5.95. The minimum atomic E-state index is -3.81. The average Bonchev–Trinajstić information content (AvgIpc) is 2.48. The van der Waals surface area contributed by atoms with Gasteiger partial charge in [0.15, 0.2) is 0 Å². The molecule has 7 heteroatoms. The van der Waals surface area contributed by atoms with Gasteiger partial charge in [0.05, 0.1) is 11.6 Å². The predicted molar refractivity (Wildman–Crippen MR) is 80.4 cm³/mol. The van der Waals surface area contributed by atoms with Gasteiger partial charge in [0.1, 0.15) is 4.90 Å². The SMILES string of the molecule is O=S(=O)(c1cnccc1Cl)N(CCO)Cc1ccccc1. The van der Waals surface area contributed by atoms with Crippen molar-refractivity contribution in [2.24, 2.45) is 0 Å². The normalized spacial score (nSPS) is 11.8. The molecule has 0 unspecified atom stereocenters. The molecule has 0 aliphatic heterocycles. The van der Waals surface area contributed by atoms with Gasteiger partial charge in [0, 0.05) is 25.5 Å². The van der Waals surface area contributed by atoms with E-state index in [1.807, 2.05) is 30.3 Å². The Hall–Kier alpha value is -1.47. The molecule has 0 amide bonds. The van der Waals surface area contributed by atoms with Gasteiger partial charge < -0.3 is 5.11 Å². The second-order valence-corrected chi connectivity index (χ2v) is 6.67. The Balaban J connectivity index is 2.35. The first-order valence-electron chi connectivity index (χ1n) is 6.30. The molecule has 1 heterocycles. The number of benzene rings is 1. The summed E-state index contributed by atoms with van der Waals surface area (Å²) in [5.74, 6) is 0. The molecule has 112 valence electrons. The Morgan fingerprint density at radius 2 is 1.90 bits per heavy atom.